The Labute approximate surface area is 173 Å². The lowest BCUT2D eigenvalue weighted by Gasteiger charge is -2.28. The number of fused-ring (bicyclic) bond motifs is 1. The highest BCUT2D eigenvalue weighted by Gasteiger charge is 2.44. The van der Waals surface area contributed by atoms with Gasteiger partial charge in [0.25, 0.3) is 5.79 Å². The first-order valence-electron chi connectivity index (χ1n) is 9.42. The Morgan fingerprint density at radius 1 is 1.00 bits per heavy atom. The van der Waals surface area contributed by atoms with E-state index in [0.29, 0.717) is 35.8 Å². The van der Waals surface area contributed by atoms with Gasteiger partial charge in [-0.05, 0) is 30.7 Å². The van der Waals surface area contributed by atoms with Gasteiger partial charge in [-0.15, -0.1) is 0 Å². The van der Waals surface area contributed by atoms with E-state index in [2.05, 4.69) is 5.16 Å². The van der Waals surface area contributed by atoms with E-state index < -0.39 is 12.1 Å². The molecular formula is C21H23NO8. The van der Waals surface area contributed by atoms with E-state index in [1.165, 1.54) is 33.5 Å². The van der Waals surface area contributed by atoms with Gasteiger partial charge < -0.3 is 32.9 Å². The molecule has 1 aromatic carbocycles. The number of ketones is 1. The van der Waals surface area contributed by atoms with Crippen molar-refractivity contribution in [2.45, 2.75) is 18.5 Å². The number of benzene rings is 1. The zero-order valence-corrected chi connectivity index (χ0v) is 17.2. The van der Waals surface area contributed by atoms with Gasteiger partial charge in [-0.3, -0.25) is 4.79 Å². The molecule has 0 saturated carbocycles. The van der Waals surface area contributed by atoms with Crippen LogP contribution in [0.2, 0.25) is 0 Å². The highest BCUT2D eigenvalue weighted by atomic mass is 16.7. The Hall–Kier alpha value is -2.72. The fraction of sp³-hybridized carbons (Fsp3) is 0.429. The number of carbonyl (C=O) groups excluding carboxylic acids is 1. The number of nitrogens with zero attached hydrogens (tertiary/aromatic N) is 1. The molecule has 160 valence electrons. The topological polar surface area (TPSA) is 98.5 Å². The van der Waals surface area contributed by atoms with Crippen molar-refractivity contribution < 1.29 is 37.7 Å². The summed E-state index contributed by atoms with van der Waals surface area (Å²) in [6.07, 6.45) is 2.93. The Morgan fingerprint density at radius 2 is 1.67 bits per heavy atom. The zero-order chi connectivity index (χ0) is 21.3. The minimum Gasteiger partial charge on any atom is -0.496 e. The van der Waals surface area contributed by atoms with Gasteiger partial charge in [0.1, 0.15) is 17.2 Å². The number of aromatic nitrogens is 1. The molecule has 0 bridgehead atoms. The van der Waals surface area contributed by atoms with Crippen LogP contribution in [0.15, 0.2) is 28.8 Å². The molecular weight excluding hydrogens is 394 g/mol. The summed E-state index contributed by atoms with van der Waals surface area (Å²) in [5.41, 5.74) is 1.53. The van der Waals surface area contributed by atoms with Crippen molar-refractivity contribution in [3.8, 4) is 22.8 Å². The van der Waals surface area contributed by atoms with Crippen LogP contribution < -0.4 is 9.47 Å². The first-order chi connectivity index (χ1) is 14.6. The standard InChI is InChI=1S/C21H23NO8/c1-24-13-6-7-14(25-2)17(20-28-10-5-11-29-20)16(13)18-15-12(23)8-9-21(26-3,27-4)19(15)30-22-18/h6-9,20H,5,10-11H2,1-4H3. The lowest BCUT2D eigenvalue weighted by atomic mass is 9.91. The lowest BCUT2D eigenvalue weighted by molar-refractivity contribution is -0.191. The summed E-state index contributed by atoms with van der Waals surface area (Å²) in [5.74, 6) is -0.539. The van der Waals surface area contributed by atoms with Gasteiger partial charge in [0, 0.05) is 14.2 Å². The quantitative estimate of drug-likeness (QED) is 0.657. The average Bonchev–Trinajstić information content (AvgIpc) is 3.25. The molecule has 9 nitrogen and oxygen atoms in total. The molecule has 0 spiro atoms. The molecule has 0 N–H and O–H groups in total. The van der Waals surface area contributed by atoms with Crippen LogP contribution in [-0.4, -0.2) is 52.6 Å². The van der Waals surface area contributed by atoms with Crippen LogP contribution >= 0.6 is 0 Å². The van der Waals surface area contributed by atoms with Gasteiger partial charge in [-0.1, -0.05) is 5.16 Å². The maximum Gasteiger partial charge on any atom is 0.252 e. The van der Waals surface area contributed by atoms with Gasteiger partial charge in [0.2, 0.25) is 5.76 Å². The third-order valence-electron chi connectivity index (χ3n) is 5.22. The second-order valence-electron chi connectivity index (χ2n) is 6.69. The number of hydrogen-bond acceptors (Lipinski definition) is 9. The van der Waals surface area contributed by atoms with Crippen molar-refractivity contribution in [1.29, 1.82) is 0 Å². The Morgan fingerprint density at radius 3 is 2.30 bits per heavy atom. The minimum atomic E-state index is -1.36. The number of allylic oxidation sites excluding steroid dienone is 1. The molecule has 1 aliphatic heterocycles. The predicted octanol–water partition coefficient (Wildman–Crippen LogP) is 2.99. The maximum absolute atomic E-state index is 12.9. The number of methoxy groups -OCH3 is 4. The van der Waals surface area contributed by atoms with Crippen LogP contribution in [0.3, 0.4) is 0 Å². The number of rotatable bonds is 6. The zero-order valence-electron chi connectivity index (χ0n) is 17.2. The monoisotopic (exact) mass is 417 g/mol. The summed E-state index contributed by atoms with van der Waals surface area (Å²) in [6, 6.07) is 3.48. The van der Waals surface area contributed by atoms with E-state index in [1.807, 2.05) is 0 Å². The van der Waals surface area contributed by atoms with E-state index in [0.717, 1.165) is 6.42 Å². The minimum absolute atomic E-state index is 0.149. The molecule has 0 amide bonds. The van der Waals surface area contributed by atoms with Crippen molar-refractivity contribution >= 4 is 5.78 Å². The summed E-state index contributed by atoms with van der Waals surface area (Å²) in [7, 11) is 5.99. The summed E-state index contributed by atoms with van der Waals surface area (Å²) < 4.78 is 39.4. The molecule has 9 heteroatoms. The average molecular weight is 417 g/mol. The maximum atomic E-state index is 12.9. The largest absolute Gasteiger partial charge is 0.496 e. The molecule has 1 aliphatic carbocycles. The van der Waals surface area contributed by atoms with Crippen LogP contribution in [-0.2, 0) is 24.7 Å². The van der Waals surface area contributed by atoms with E-state index in [-0.39, 0.29) is 22.8 Å². The third kappa shape index (κ3) is 3.10. The fourth-order valence-electron chi connectivity index (χ4n) is 3.74. The molecule has 4 rings (SSSR count). The Balaban J connectivity index is 1.98. The Kier molecular flexibility index (Phi) is 5.61. The number of hydrogen-bond donors (Lipinski definition) is 0. The second-order valence-corrected chi connectivity index (χ2v) is 6.69. The second kappa shape index (κ2) is 8.19. The molecule has 2 heterocycles. The summed E-state index contributed by atoms with van der Waals surface area (Å²) in [6.45, 7) is 1.05. The molecule has 30 heavy (non-hydrogen) atoms. The highest BCUT2D eigenvalue weighted by Crippen LogP contribution is 2.47. The van der Waals surface area contributed by atoms with Gasteiger partial charge in [-0.25, -0.2) is 0 Å². The summed E-state index contributed by atoms with van der Waals surface area (Å²) in [5, 5.41) is 4.21. The summed E-state index contributed by atoms with van der Waals surface area (Å²) in [4.78, 5) is 12.9. The van der Waals surface area contributed by atoms with E-state index in [1.54, 1.807) is 19.2 Å². The van der Waals surface area contributed by atoms with Crippen LogP contribution in [0.25, 0.3) is 11.3 Å². The van der Waals surface area contributed by atoms with Crippen LogP contribution in [0.1, 0.15) is 34.4 Å². The van der Waals surface area contributed by atoms with Crippen molar-refractivity contribution in [3.63, 3.8) is 0 Å². The van der Waals surface area contributed by atoms with Gasteiger partial charge in [-0.2, -0.15) is 0 Å². The number of carbonyl (C=O) groups is 1. The molecule has 2 aromatic rings. The van der Waals surface area contributed by atoms with Crippen LogP contribution in [0.4, 0.5) is 0 Å². The number of ether oxygens (including phenoxy) is 6. The first-order valence-corrected chi connectivity index (χ1v) is 9.42. The molecule has 0 radical (unpaired) electrons. The van der Waals surface area contributed by atoms with Crippen molar-refractivity contribution in [2.75, 3.05) is 41.7 Å². The van der Waals surface area contributed by atoms with Crippen LogP contribution in [0.5, 0.6) is 11.5 Å². The predicted molar refractivity (Wildman–Crippen MR) is 103 cm³/mol. The van der Waals surface area contributed by atoms with E-state index >= 15 is 0 Å². The van der Waals surface area contributed by atoms with Gasteiger partial charge in [0.05, 0.1) is 44.1 Å². The lowest BCUT2D eigenvalue weighted by Crippen LogP contribution is -2.32. The molecule has 2 aliphatic rings. The van der Waals surface area contributed by atoms with Crippen LogP contribution in [0, 0.1) is 0 Å². The SMILES string of the molecule is COc1ccc(OC)c(C2OCCCO2)c1-c1noc2c1C(=O)C=CC2(OC)OC. The normalized spacial score (nSPS) is 18.3. The third-order valence-corrected chi connectivity index (χ3v) is 5.22. The molecule has 1 saturated heterocycles. The van der Waals surface area contributed by atoms with E-state index in [9.17, 15) is 4.79 Å². The highest BCUT2D eigenvalue weighted by molar-refractivity contribution is 6.11. The fourth-order valence-corrected chi connectivity index (χ4v) is 3.74. The Bertz CT molecular complexity index is 970. The molecule has 1 aromatic heterocycles. The smallest absolute Gasteiger partial charge is 0.252 e. The van der Waals surface area contributed by atoms with Crippen molar-refractivity contribution in [3.05, 3.63) is 41.2 Å². The van der Waals surface area contributed by atoms with Gasteiger partial charge >= 0.3 is 0 Å². The van der Waals surface area contributed by atoms with E-state index in [4.69, 9.17) is 32.9 Å². The summed E-state index contributed by atoms with van der Waals surface area (Å²) >= 11 is 0. The first kappa shape index (κ1) is 20.5. The van der Waals surface area contributed by atoms with Gasteiger partial charge in [0.15, 0.2) is 12.1 Å². The molecule has 1 fully saturated rings. The van der Waals surface area contributed by atoms with Crippen molar-refractivity contribution in [1.82, 2.24) is 5.16 Å². The van der Waals surface area contributed by atoms with Crippen molar-refractivity contribution in [2.24, 2.45) is 0 Å². The molecule has 0 atom stereocenters. The molecule has 0 unspecified atom stereocenters.